The second-order valence-corrected chi connectivity index (χ2v) is 14.3. The zero-order chi connectivity index (χ0) is 36.6. The number of nitrogens with zero attached hydrogens (tertiary/aromatic N) is 5. The second-order valence-electron chi connectivity index (χ2n) is 12.6. The summed E-state index contributed by atoms with van der Waals surface area (Å²) in [5, 5.41) is 18.4. The van der Waals surface area contributed by atoms with E-state index < -0.39 is 0 Å². The second kappa shape index (κ2) is 16.9. The SMILES string of the molecule is Cc1ccc(NC(=O)CCC(NC(=O)c2ccc(C)c(Nc3nc(-c4cccnc4)cs3)c2)N2CCOCC2)cc1Nc1nc(-c2cccnc2)cs1. The highest BCUT2D eigenvalue weighted by Gasteiger charge is 2.24. The van der Waals surface area contributed by atoms with Crippen LogP contribution in [-0.4, -0.2) is 69.1 Å². The van der Waals surface area contributed by atoms with Gasteiger partial charge in [-0.3, -0.25) is 24.5 Å². The summed E-state index contributed by atoms with van der Waals surface area (Å²) >= 11 is 2.99. The molecule has 0 saturated carbocycles. The predicted octanol–water partition coefficient (Wildman–Crippen LogP) is 7.63. The van der Waals surface area contributed by atoms with E-state index in [1.165, 1.54) is 22.7 Å². The van der Waals surface area contributed by atoms with Crippen LogP contribution in [0.5, 0.6) is 0 Å². The molecule has 270 valence electrons. The number of aryl methyl sites for hydroxylation is 2. The number of hydrogen-bond acceptors (Lipinski definition) is 12. The van der Waals surface area contributed by atoms with Crippen LogP contribution in [0.3, 0.4) is 0 Å². The normalized spacial score (nSPS) is 13.6. The minimum Gasteiger partial charge on any atom is -0.379 e. The van der Waals surface area contributed by atoms with Crippen molar-refractivity contribution in [1.29, 1.82) is 0 Å². The number of carbonyl (C=O) groups is 2. The lowest BCUT2D eigenvalue weighted by Crippen LogP contribution is -2.52. The summed E-state index contributed by atoms with van der Waals surface area (Å²) in [6.07, 6.45) is 7.33. The molecule has 1 aliphatic heterocycles. The largest absolute Gasteiger partial charge is 0.379 e. The predicted molar refractivity (Wildman–Crippen MR) is 211 cm³/mol. The first-order valence-corrected chi connectivity index (χ1v) is 19.0. The van der Waals surface area contributed by atoms with Crippen LogP contribution < -0.4 is 21.3 Å². The highest BCUT2D eigenvalue weighted by molar-refractivity contribution is 7.14. The molecule has 7 rings (SSSR count). The third-order valence-electron chi connectivity index (χ3n) is 8.86. The number of benzene rings is 2. The van der Waals surface area contributed by atoms with Gasteiger partial charge in [0.05, 0.1) is 30.8 Å². The first kappa shape index (κ1) is 35.8. The van der Waals surface area contributed by atoms with Gasteiger partial charge in [0.25, 0.3) is 5.91 Å². The van der Waals surface area contributed by atoms with Gasteiger partial charge in [0.1, 0.15) is 0 Å². The number of amides is 2. The quantitative estimate of drug-likeness (QED) is 0.0931. The Bertz CT molecular complexity index is 2170. The van der Waals surface area contributed by atoms with Gasteiger partial charge in [0.2, 0.25) is 5.91 Å². The third-order valence-corrected chi connectivity index (χ3v) is 10.4. The smallest absolute Gasteiger partial charge is 0.252 e. The number of aromatic nitrogens is 4. The minimum atomic E-state index is -0.356. The maximum atomic E-state index is 13.7. The molecule has 4 aromatic heterocycles. The van der Waals surface area contributed by atoms with E-state index in [0.29, 0.717) is 44.0 Å². The number of nitrogens with one attached hydrogen (secondary N) is 4. The molecule has 1 unspecified atom stereocenters. The fraction of sp³-hybridized carbons (Fsp3) is 0.231. The minimum absolute atomic E-state index is 0.142. The molecular formula is C39H39N9O3S2. The van der Waals surface area contributed by atoms with Crippen LogP contribution in [0.2, 0.25) is 0 Å². The molecule has 0 aliphatic carbocycles. The van der Waals surface area contributed by atoms with Crippen LogP contribution in [0.15, 0.2) is 96.2 Å². The Kier molecular flexibility index (Phi) is 11.4. The molecule has 14 heteroatoms. The molecule has 0 spiro atoms. The molecule has 1 aliphatic rings. The molecule has 6 aromatic rings. The first-order chi connectivity index (χ1) is 25.9. The number of pyridine rings is 2. The lowest BCUT2D eigenvalue weighted by Gasteiger charge is -2.35. The Morgan fingerprint density at radius 2 is 1.42 bits per heavy atom. The van der Waals surface area contributed by atoms with Crippen molar-refractivity contribution in [2.75, 3.05) is 42.3 Å². The van der Waals surface area contributed by atoms with E-state index in [4.69, 9.17) is 14.7 Å². The fourth-order valence-electron chi connectivity index (χ4n) is 5.88. The molecule has 1 fully saturated rings. The summed E-state index contributed by atoms with van der Waals surface area (Å²) in [4.78, 5) is 47.0. The van der Waals surface area contributed by atoms with Gasteiger partial charge in [-0.1, -0.05) is 12.1 Å². The molecule has 2 aromatic carbocycles. The van der Waals surface area contributed by atoms with Crippen molar-refractivity contribution in [3.05, 3.63) is 113 Å². The topological polar surface area (TPSA) is 146 Å². The van der Waals surface area contributed by atoms with Crippen LogP contribution in [0.25, 0.3) is 22.5 Å². The van der Waals surface area contributed by atoms with Gasteiger partial charge in [-0.05, 0) is 79.9 Å². The number of rotatable bonds is 13. The maximum absolute atomic E-state index is 13.7. The van der Waals surface area contributed by atoms with Gasteiger partial charge < -0.3 is 26.0 Å². The third kappa shape index (κ3) is 9.28. The summed E-state index contributed by atoms with van der Waals surface area (Å²) in [6.45, 7) is 6.43. The van der Waals surface area contributed by atoms with Gasteiger partial charge in [-0.15, -0.1) is 22.7 Å². The maximum Gasteiger partial charge on any atom is 0.252 e. The van der Waals surface area contributed by atoms with Crippen molar-refractivity contribution in [1.82, 2.24) is 30.2 Å². The van der Waals surface area contributed by atoms with Crippen molar-refractivity contribution in [3.8, 4) is 22.5 Å². The zero-order valence-corrected chi connectivity index (χ0v) is 31.0. The van der Waals surface area contributed by atoms with Gasteiger partial charge in [0, 0.05) is 88.8 Å². The summed E-state index contributed by atoms with van der Waals surface area (Å²) in [6, 6.07) is 19.0. The monoisotopic (exact) mass is 745 g/mol. The molecule has 4 N–H and O–H groups in total. The Balaban J connectivity index is 0.983. The Hall–Kier alpha value is -5.54. The first-order valence-electron chi connectivity index (χ1n) is 17.3. The Labute approximate surface area is 315 Å². The molecule has 12 nitrogen and oxygen atoms in total. The summed E-state index contributed by atoms with van der Waals surface area (Å²) in [5.41, 5.74) is 8.40. The number of hydrogen-bond donors (Lipinski definition) is 4. The van der Waals surface area contributed by atoms with E-state index in [9.17, 15) is 9.59 Å². The van der Waals surface area contributed by atoms with Crippen LogP contribution in [0.4, 0.5) is 27.3 Å². The number of thiazole rings is 2. The molecule has 0 bridgehead atoms. The van der Waals surface area contributed by atoms with E-state index in [1.807, 2.05) is 85.3 Å². The zero-order valence-electron chi connectivity index (χ0n) is 29.3. The van der Waals surface area contributed by atoms with Gasteiger partial charge in [-0.2, -0.15) is 0 Å². The highest BCUT2D eigenvalue weighted by Crippen LogP contribution is 2.31. The van der Waals surface area contributed by atoms with Crippen molar-refractivity contribution in [2.24, 2.45) is 0 Å². The average Bonchev–Trinajstić information content (AvgIpc) is 3.87. The fourth-order valence-corrected chi connectivity index (χ4v) is 7.34. The van der Waals surface area contributed by atoms with Gasteiger partial charge in [0.15, 0.2) is 10.3 Å². The summed E-state index contributed by atoms with van der Waals surface area (Å²) < 4.78 is 5.58. The van der Waals surface area contributed by atoms with Gasteiger partial charge >= 0.3 is 0 Å². The molecule has 5 heterocycles. The number of morpholine rings is 1. The summed E-state index contributed by atoms with van der Waals surface area (Å²) in [7, 11) is 0. The Morgan fingerprint density at radius 1 is 0.811 bits per heavy atom. The lowest BCUT2D eigenvalue weighted by atomic mass is 10.1. The van der Waals surface area contributed by atoms with Crippen molar-refractivity contribution in [3.63, 3.8) is 0 Å². The van der Waals surface area contributed by atoms with Crippen LogP contribution >= 0.6 is 22.7 Å². The number of carbonyl (C=O) groups excluding carboxylic acids is 2. The van der Waals surface area contributed by atoms with Gasteiger partial charge in [-0.25, -0.2) is 9.97 Å². The molecule has 2 amide bonds. The van der Waals surface area contributed by atoms with E-state index in [2.05, 4.69) is 36.1 Å². The Morgan fingerprint density at radius 3 is 2.02 bits per heavy atom. The highest BCUT2D eigenvalue weighted by atomic mass is 32.1. The van der Waals surface area contributed by atoms with Crippen LogP contribution in [-0.2, 0) is 9.53 Å². The van der Waals surface area contributed by atoms with Crippen molar-refractivity contribution >= 4 is 61.8 Å². The lowest BCUT2D eigenvalue weighted by molar-refractivity contribution is -0.116. The molecule has 53 heavy (non-hydrogen) atoms. The van der Waals surface area contributed by atoms with E-state index in [0.717, 1.165) is 55.3 Å². The summed E-state index contributed by atoms with van der Waals surface area (Å²) in [5.74, 6) is -0.361. The molecule has 0 radical (unpaired) electrons. The van der Waals surface area contributed by atoms with Crippen molar-refractivity contribution < 1.29 is 14.3 Å². The average molecular weight is 746 g/mol. The van der Waals surface area contributed by atoms with E-state index >= 15 is 0 Å². The van der Waals surface area contributed by atoms with E-state index in [-0.39, 0.29) is 24.4 Å². The molecule has 1 saturated heterocycles. The number of ether oxygens (including phenoxy) is 1. The van der Waals surface area contributed by atoms with Crippen LogP contribution in [0.1, 0.15) is 34.3 Å². The van der Waals surface area contributed by atoms with E-state index in [1.54, 1.807) is 24.8 Å². The van der Waals surface area contributed by atoms with Crippen LogP contribution in [0, 0.1) is 13.8 Å². The molecular weight excluding hydrogens is 707 g/mol. The van der Waals surface area contributed by atoms with Crippen molar-refractivity contribution in [2.45, 2.75) is 32.9 Å². The number of anilines is 5. The molecule has 1 atom stereocenters. The standard InChI is InChI=1S/C39H39N9O3S2/c1-25-7-9-27(19-31(25)43-38-45-33(23-52-38)28-5-3-13-40-21-28)37(50)47-35(48-15-17-51-18-16-48)11-12-36(49)42-30-10-8-26(2)32(20-30)44-39-46-34(24-53-39)29-6-4-14-41-22-29/h3-10,13-14,19-24,35H,11-12,15-18H2,1-2H3,(H,42,49)(H,43,45)(H,44,46)(H,47,50).